The minimum absolute atomic E-state index is 0.132. The molecule has 0 spiro atoms. The van der Waals surface area contributed by atoms with E-state index in [4.69, 9.17) is 13.9 Å². The lowest BCUT2D eigenvalue weighted by molar-refractivity contribution is 0.0138. The van der Waals surface area contributed by atoms with Crippen molar-refractivity contribution in [2.75, 3.05) is 32.8 Å². The second kappa shape index (κ2) is 8.31. The van der Waals surface area contributed by atoms with Gasteiger partial charge in [0.15, 0.2) is 5.75 Å². The molecule has 7 nitrogen and oxygen atoms in total. The molecule has 7 heteroatoms. The van der Waals surface area contributed by atoms with E-state index in [0.29, 0.717) is 37.2 Å². The van der Waals surface area contributed by atoms with Crippen LogP contribution in [0.2, 0.25) is 0 Å². The van der Waals surface area contributed by atoms with Crippen molar-refractivity contribution in [2.45, 2.75) is 46.3 Å². The molecule has 0 bridgehead atoms. The quantitative estimate of drug-likeness (QED) is 0.832. The van der Waals surface area contributed by atoms with E-state index in [1.54, 1.807) is 4.90 Å². The summed E-state index contributed by atoms with van der Waals surface area (Å²) in [6.45, 7) is 11.6. The van der Waals surface area contributed by atoms with Crippen LogP contribution in [0.3, 0.4) is 0 Å². The Morgan fingerprint density at radius 3 is 2.57 bits per heavy atom. The Morgan fingerprint density at radius 1 is 1.21 bits per heavy atom. The number of aromatic hydroxyl groups is 1. The molecule has 154 valence electrons. The number of hydrogen-bond acceptors (Lipinski definition) is 6. The molecule has 0 saturated carbocycles. The molecule has 0 radical (unpaired) electrons. The van der Waals surface area contributed by atoms with Crippen molar-refractivity contribution in [3.63, 3.8) is 0 Å². The van der Waals surface area contributed by atoms with Gasteiger partial charge in [-0.3, -0.25) is 4.90 Å². The van der Waals surface area contributed by atoms with Gasteiger partial charge in [0.05, 0.1) is 17.6 Å². The minimum atomic E-state index is -0.489. The van der Waals surface area contributed by atoms with Gasteiger partial charge in [-0.05, 0) is 39.3 Å². The third kappa shape index (κ3) is 4.70. The van der Waals surface area contributed by atoms with Crippen molar-refractivity contribution in [1.82, 2.24) is 9.80 Å². The van der Waals surface area contributed by atoms with Crippen molar-refractivity contribution in [1.29, 1.82) is 0 Å². The normalized spacial score (nSPS) is 15.8. The van der Waals surface area contributed by atoms with Gasteiger partial charge in [-0.15, -0.1) is 0 Å². The smallest absolute Gasteiger partial charge is 0.410 e. The van der Waals surface area contributed by atoms with E-state index >= 15 is 0 Å². The van der Waals surface area contributed by atoms with Crippen molar-refractivity contribution in [2.24, 2.45) is 0 Å². The Kier molecular flexibility index (Phi) is 6.03. The number of carbonyl (C=O) groups is 1. The van der Waals surface area contributed by atoms with Crippen LogP contribution >= 0.6 is 0 Å². The van der Waals surface area contributed by atoms with E-state index in [9.17, 15) is 9.90 Å². The molecule has 2 heterocycles. The predicted molar refractivity (Wildman–Crippen MR) is 107 cm³/mol. The second-order valence-corrected chi connectivity index (χ2v) is 8.13. The van der Waals surface area contributed by atoms with Crippen LogP contribution in [0.4, 0.5) is 4.79 Å². The fourth-order valence-electron chi connectivity index (χ4n) is 3.26. The second-order valence-electron chi connectivity index (χ2n) is 8.13. The van der Waals surface area contributed by atoms with Gasteiger partial charge in [-0.1, -0.05) is 6.92 Å². The molecule has 1 aliphatic heterocycles. The lowest BCUT2D eigenvalue weighted by atomic mass is 10.1. The molecule has 1 aromatic carbocycles. The molecular weight excluding hydrogens is 360 g/mol. The van der Waals surface area contributed by atoms with Crippen LogP contribution in [0, 0.1) is 0 Å². The van der Waals surface area contributed by atoms with E-state index in [1.165, 1.54) is 6.26 Å². The zero-order chi connectivity index (χ0) is 20.3. The highest BCUT2D eigenvalue weighted by Crippen LogP contribution is 2.35. The average Bonchev–Trinajstić information content (AvgIpc) is 3.01. The summed E-state index contributed by atoms with van der Waals surface area (Å²) in [5.74, 6) is 0.909. The maximum absolute atomic E-state index is 12.3. The molecule has 2 aromatic rings. The van der Waals surface area contributed by atoms with Gasteiger partial charge in [0.2, 0.25) is 0 Å². The Labute approximate surface area is 165 Å². The summed E-state index contributed by atoms with van der Waals surface area (Å²) in [5.41, 5.74) is 1.09. The molecule has 1 amide bonds. The van der Waals surface area contributed by atoms with Gasteiger partial charge in [0.1, 0.15) is 23.2 Å². The summed E-state index contributed by atoms with van der Waals surface area (Å²) >= 11 is 0. The fourth-order valence-corrected chi connectivity index (χ4v) is 3.26. The molecule has 0 atom stereocenters. The molecule has 28 heavy (non-hydrogen) atoms. The van der Waals surface area contributed by atoms with Crippen LogP contribution in [0.15, 0.2) is 22.8 Å². The van der Waals surface area contributed by atoms with E-state index in [0.717, 1.165) is 30.8 Å². The van der Waals surface area contributed by atoms with Crippen LogP contribution < -0.4 is 4.74 Å². The number of rotatable bonds is 5. The van der Waals surface area contributed by atoms with Crippen LogP contribution in [0.1, 0.15) is 39.7 Å². The summed E-state index contributed by atoms with van der Waals surface area (Å²) in [6, 6.07) is 3.71. The molecule has 0 unspecified atom stereocenters. The van der Waals surface area contributed by atoms with Crippen LogP contribution in [-0.2, 0) is 11.3 Å². The van der Waals surface area contributed by atoms with E-state index < -0.39 is 5.60 Å². The van der Waals surface area contributed by atoms with Gasteiger partial charge in [-0.25, -0.2) is 4.79 Å². The molecule has 0 aliphatic carbocycles. The average molecular weight is 390 g/mol. The first-order valence-electron chi connectivity index (χ1n) is 9.83. The topological polar surface area (TPSA) is 75.4 Å². The number of ether oxygens (including phenoxy) is 2. The maximum Gasteiger partial charge on any atom is 0.410 e. The molecule has 1 aliphatic rings. The number of furan rings is 1. The number of amides is 1. The van der Waals surface area contributed by atoms with Gasteiger partial charge in [0.25, 0.3) is 0 Å². The largest absolute Gasteiger partial charge is 0.504 e. The van der Waals surface area contributed by atoms with Gasteiger partial charge >= 0.3 is 6.09 Å². The molecule has 1 saturated heterocycles. The molecule has 1 fully saturated rings. The van der Waals surface area contributed by atoms with Crippen molar-refractivity contribution in [3.05, 3.63) is 24.0 Å². The van der Waals surface area contributed by atoms with E-state index in [-0.39, 0.29) is 11.8 Å². The van der Waals surface area contributed by atoms with Gasteiger partial charge < -0.3 is 23.9 Å². The Bertz CT molecular complexity index is 816. The van der Waals surface area contributed by atoms with E-state index in [2.05, 4.69) is 11.8 Å². The summed E-state index contributed by atoms with van der Waals surface area (Å²) in [5, 5.41) is 10.7. The monoisotopic (exact) mass is 390 g/mol. The minimum Gasteiger partial charge on any atom is -0.504 e. The lowest BCUT2D eigenvalue weighted by Crippen LogP contribution is -2.49. The first-order chi connectivity index (χ1) is 13.3. The number of nitrogens with zero attached hydrogens (tertiary/aromatic N) is 2. The SMILES string of the molecule is CCCOc1ccc2c(O)coc2c1CN1CCN(C(=O)OC(C)(C)C)CC1. The van der Waals surface area contributed by atoms with Gasteiger partial charge in [0, 0.05) is 32.7 Å². The first kappa shape index (κ1) is 20.3. The fraction of sp³-hybridized carbons (Fsp3) is 0.571. The summed E-state index contributed by atoms with van der Waals surface area (Å²) < 4.78 is 17.0. The number of hydrogen-bond donors (Lipinski definition) is 1. The first-order valence-corrected chi connectivity index (χ1v) is 9.83. The Balaban J connectivity index is 1.70. The van der Waals surface area contributed by atoms with Crippen LogP contribution in [0.25, 0.3) is 11.0 Å². The number of carbonyl (C=O) groups excluding carboxylic acids is 1. The van der Waals surface area contributed by atoms with Gasteiger partial charge in [-0.2, -0.15) is 0 Å². The van der Waals surface area contributed by atoms with Crippen LogP contribution in [0.5, 0.6) is 11.5 Å². The number of piperazine rings is 1. The van der Waals surface area contributed by atoms with E-state index in [1.807, 2.05) is 32.9 Å². The molecule has 1 N–H and O–H groups in total. The highest BCUT2D eigenvalue weighted by Gasteiger charge is 2.27. The highest BCUT2D eigenvalue weighted by atomic mass is 16.6. The number of benzene rings is 1. The number of fused-ring (bicyclic) bond motifs is 1. The zero-order valence-electron chi connectivity index (χ0n) is 17.2. The third-order valence-corrected chi connectivity index (χ3v) is 4.65. The van der Waals surface area contributed by atoms with Crippen molar-refractivity contribution in [3.8, 4) is 11.5 Å². The molecular formula is C21H30N2O5. The summed E-state index contributed by atoms with van der Waals surface area (Å²) in [4.78, 5) is 16.3. The van der Waals surface area contributed by atoms with Crippen molar-refractivity contribution < 1.29 is 23.8 Å². The zero-order valence-corrected chi connectivity index (χ0v) is 17.2. The Morgan fingerprint density at radius 2 is 1.93 bits per heavy atom. The maximum atomic E-state index is 12.3. The summed E-state index contributed by atoms with van der Waals surface area (Å²) in [6.07, 6.45) is 2.00. The molecule has 1 aromatic heterocycles. The van der Waals surface area contributed by atoms with Crippen molar-refractivity contribution >= 4 is 17.1 Å². The third-order valence-electron chi connectivity index (χ3n) is 4.65. The molecule has 3 rings (SSSR count). The Hall–Kier alpha value is -2.41. The summed E-state index contributed by atoms with van der Waals surface area (Å²) in [7, 11) is 0. The standard InChI is InChI=1S/C21H30N2O5/c1-5-12-26-18-7-6-15-17(24)14-27-19(15)16(18)13-22-8-10-23(11-9-22)20(25)28-21(2,3)4/h6-7,14,24H,5,8-13H2,1-4H3. The lowest BCUT2D eigenvalue weighted by Gasteiger charge is -2.35. The predicted octanol–water partition coefficient (Wildman–Crippen LogP) is 3.98. The highest BCUT2D eigenvalue weighted by molar-refractivity contribution is 5.88. The van der Waals surface area contributed by atoms with Crippen LogP contribution in [-0.4, -0.2) is 59.4 Å².